The SMILES string of the molecule is Nc1ncnc2c1ncn2[C@@H]1O[C@@H]2CO[PH](=O)O[C@@H]3[C@H](O)[C@@H](CO[P@@](=O)(S)O[C@H]2[C@H]1F)O[C@H]3n1cnc2c(N)ncnc21. The molecule has 230 valence electrons. The van der Waals surface area contributed by atoms with Crippen molar-refractivity contribution in [2.75, 3.05) is 24.7 Å². The van der Waals surface area contributed by atoms with Crippen LogP contribution in [0.25, 0.3) is 22.3 Å². The standard InChI is InChI=1S/C20H23FN10O9P2S/c21-9-13-8(38-19(9)30-5-28-10-15(22)24-3-26-17(10)30)1-35-41(33)39-14-12(32)7(2-36-42(34,43)40-13)37-20(14)31-6-29-11-16(23)25-4-27-18(11)31/h3-9,12-14,19-20,32,41H,1-2H2,(H,34,43)(H2,22,24,26)(H2,23,25,27)/t7-,8-,9-,12-,13-,14-,19-,20-,42-/m1/s1. The van der Waals surface area contributed by atoms with Crippen LogP contribution in [0.15, 0.2) is 25.3 Å². The summed E-state index contributed by atoms with van der Waals surface area (Å²) < 4.78 is 78.7. The smallest absolute Gasteiger partial charge is 0.386 e. The first-order valence-corrected chi connectivity index (χ1v) is 16.5. The Bertz CT molecular complexity index is 1770. The third-order valence-electron chi connectivity index (χ3n) is 7.16. The first kappa shape index (κ1) is 28.9. The second kappa shape index (κ2) is 11.0. The van der Waals surface area contributed by atoms with Crippen LogP contribution in [0.1, 0.15) is 12.5 Å². The van der Waals surface area contributed by atoms with Gasteiger partial charge in [0, 0.05) is 0 Å². The van der Waals surface area contributed by atoms with Crippen molar-refractivity contribution in [1.82, 2.24) is 39.0 Å². The van der Waals surface area contributed by atoms with Crippen molar-refractivity contribution < 1.29 is 46.2 Å². The number of rotatable bonds is 2. The number of aliphatic hydroxyl groups excluding tert-OH is 1. The maximum absolute atomic E-state index is 15.9. The minimum atomic E-state index is -4.33. The molecule has 3 aliphatic rings. The van der Waals surface area contributed by atoms with Gasteiger partial charge in [0.05, 0.1) is 25.9 Å². The number of fused-ring (bicyclic) bond motifs is 5. The summed E-state index contributed by atoms with van der Waals surface area (Å²) in [7, 11) is -3.40. The minimum Gasteiger partial charge on any atom is -0.387 e. The zero-order chi connectivity index (χ0) is 30.0. The number of aromatic nitrogens is 8. The molecule has 4 aromatic heterocycles. The Hall–Kier alpha value is -2.84. The van der Waals surface area contributed by atoms with E-state index in [9.17, 15) is 14.2 Å². The Morgan fingerprint density at radius 1 is 0.930 bits per heavy atom. The van der Waals surface area contributed by atoms with Gasteiger partial charge in [0.1, 0.15) is 54.2 Å². The van der Waals surface area contributed by atoms with Gasteiger partial charge in [-0.3, -0.25) is 27.3 Å². The highest BCUT2D eigenvalue weighted by Crippen LogP contribution is 2.57. The summed E-state index contributed by atoms with van der Waals surface area (Å²) in [4.78, 5) is 24.3. The van der Waals surface area contributed by atoms with E-state index in [-0.39, 0.29) is 34.0 Å². The Morgan fingerprint density at radius 3 is 2.19 bits per heavy atom. The molecule has 3 fully saturated rings. The number of hydrogen-bond acceptors (Lipinski definition) is 17. The highest BCUT2D eigenvalue weighted by molar-refractivity contribution is 8.44. The number of aliphatic hydroxyl groups is 1. The highest BCUT2D eigenvalue weighted by Gasteiger charge is 2.52. The molecule has 1 unspecified atom stereocenters. The predicted octanol–water partition coefficient (Wildman–Crippen LogP) is 0.569. The Morgan fingerprint density at radius 2 is 1.53 bits per heavy atom. The molecule has 3 saturated heterocycles. The summed E-state index contributed by atoms with van der Waals surface area (Å²) in [5.74, 6) is 0.169. The topological polar surface area (TPSA) is 249 Å². The van der Waals surface area contributed by atoms with Gasteiger partial charge in [0.2, 0.25) is 0 Å². The molecule has 3 aliphatic heterocycles. The van der Waals surface area contributed by atoms with Gasteiger partial charge in [0.15, 0.2) is 41.6 Å². The first-order valence-electron chi connectivity index (χ1n) is 12.6. The van der Waals surface area contributed by atoms with Crippen LogP contribution in [0.4, 0.5) is 16.0 Å². The quantitative estimate of drug-likeness (QED) is 0.169. The third kappa shape index (κ3) is 5.08. The average Bonchev–Trinajstić information content (AvgIpc) is 3.73. The fraction of sp³-hybridized carbons (Fsp3) is 0.500. The lowest BCUT2D eigenvalue weighted by Gasteiger charge is -2.24. The van der Waals surface area contributed by atoms with Crippen molar-refractivity contribution in [3.05, 3.63) is 25.3 Å². The summed E-state index contributed by atoms with van der Waals surface area (Å²) in [5.41, 5.74) is 12.6. The lowest BCUT2D eigenvalue weighted by atomic mass is 10.1. The summed E-state index contributed by atoms with van der Waals surface area (Å²) >= 11 is 4.01. The number of anilines is 2. The van der Waals surface area contributed by atoms with E-state index in [0.717, 1.165) is 0 Å². The van der Waals surface area contributed by atoms with Gasteiger partial charge < -0.3 is 30.6 Å². The van der Waals surface area contributed by atoms with Crippen LogP contribution in [0.3, 0.4) is 0 Å². The second-order valence-corrected chi connectivity index (χ2v) is 13.6. The molecule has 23 heteroatoms. The van der Waals surface area contributed by atoms with E-state index in [1.807, 2.05) is 0 Å². The van der Waals surface area contributed by atoms with Crippen molar-refractivity contribution in [3.63, 3.8) is 0 Å². The molecule has 7 heterocycles. The Kier molecular flexibility index (Phi) is 7.36. The third-order valence-corrected chi connectivity index (χ3v) is 9.64. The fourth-order valence-electron chi connectivity index (χ4n) is 5.14. The number of alkyl halides is 1. The molecule has 0 spiro atoms. The van der Waals surface area contributed by atoms with Crippen LogP contribution in [-0.4, -0.2) is 94.0 Å². The molecule has 4 aromatic rings. The van der Waals surface area contributed by atoms with E-state index in [2.05, 4.69) is 42.2 Å². The number of nitrogen functional groups attached to an aromatic ring is 2. The molecule has 2 bridgehead atoms. The fourth-order valence-corrected chi connectivity index (χ4v) is 7.47. The lowest BCUT2D eigenvalue weighted by Crippen LogP contribution is -2.34. The number of ether oxygens (including phenoxy) is 2. The largest absolute Gasteiger partial charge is 0.387 e. The van der Waals surface area contributed by atoms with E-state index in [4.69, 9.17) is 39.0 Å². The molecular formula is C20H23FN10O9P2S. The van der Waals surface area contributed by atoms with E-state index in [1.165, 1.54) is 34.4 Å². The normalized spacial score (nSPS) is 37.1. The van der Waals surface area contributed by atoms with Crippen molar-refractivity contribution in [2.45, 2.75) is 49.1 Å². The summed E-state index contributed by atoms with van der Waals surface area (Å²) in [6.45, 7) is -5.40. The van der Waals surface area contributed by atoms with E-state index in [1.54, 1.807) is 0 Å². The maximum Gasteiger partial charge on any atom is 0.386 e. The minimum absolute atomic E-state index is 0.0697. The summed E-state index contributed by atoms with van der Waals surface area (Å²) in [6.07, 6.45) is -6.36. The number of thiol groups is 1. The van der Waals surface area contributed by atoms with Crippen LogP contribution in [0.2, 0.25) is 0 Å². The van der Waals surface area contributed by atoms with Gasteiger partial charge in [-0.2, -0.15) is 0 Å². The van der Waals surface area contributed by atoms with Crippen molar-refractivity contribution >= 4 is 61.3 Å². The van der Waals surface area contributed by atoms with E-state index < -0.39 is 77.4 Å². The van der Waals surface area contributed by atoms with Crippen LogP contribution < -0.4 is 11.5 Å². The molecule has 43 heavy (non-hydrogen) atoms. The molecule has 0 radical (unpaired) electrons. The van der Waals surface area contributed by atoms with Gasteiger partial charge in [-0.1, -0.05) is 12.2 Å². The number of nitrogens with zero attached hydrogens (tertiary/aromatic N) is 8. The Labute approximate surface area is 245 Å². The number of nitrogens with two attached hydrogens (primary N) is 2. The van der Waals surface area contributed by atoms with E-state index in [0.29, 0.717) is 0 Å². The van der Waals surface area contributed by atoms with Crippen LogP contribution in [-0.2, 0) is 36.7 Å². The van der Waals surface area contributed by atoms with Crippen molar-refractivity contribution in [2.24, 2.45) is 0 Å². The number of halogens is 1. The lowest BCUT2D eigenvalue weighted by molar-refractivity contribution is -0.0563. The van der Waals surface area contributed by atoms with E-state index >= 15 is 4.39 Å². The molecule has 5 N–H and O–H groups in total. The van der Waals surface area contributed by atoms with Crippen LogP contribution >= 0.6 is 27.3 Å². The molecule has 0 amide bonds. The van der Waals surface area contributed by atoms with Crippen LogP contribution in [0, 0.1) is 0 Å². The number of hydrogen-bond donors (Lipinski definition) is 4. The van der Waals surface area contributed by atoms with Crippen molar-refractivity contribution in [1.29, 1.82) is 0 Å². The Balaban J connectivity index is 1.18. The van der Waals surface area contributed by atoms with Gasteiger partial charge >= 0.3 is 15.1 Å². The summed E-state index contributed by atoms with van der Waals surface area (Å²) in [5, 5.41) is 11.0. The first-order chi connectivity index (χ1) is 20.6. The summed E-state index contributed by atoms with van der Waals surface area (Å²) in [6, 6.07) is 0. The molecular weight excluding hydrogens is 637 g/mol. The average molecular weight is 660 g/mol. The van der Waals surface area contributed by atoms with Crippen molar-refractivity contribution in [3.8, 4) is 0 Å². The van der Waals surface area contributed by atoms with Gasteiger partial charge in [-0.05, 0) is 0 Å². The maximum atomic E-state index is 15.9. The zero-order valence-electron chi connectivity index (χ0n) is 21.6. The second-order valence-electron chi connectivity index (χ2n) is 9.71. The molecule has 7 rings (SSSR count). The molecule has 10 atom stereocenters. The van der Waals surface area contributed by atoms with Gasteiger partial charge in [-0.25, -0.2) is 38.9 Å². The van der Waals surface area contributed by atoms with Crippen LogP contribution in [0.5, 0.6) is 0 Å². The molecule has 0 aliphatic carbocycles. The van der Waals surface area contributed by atoms with Gasteiger partial charge in [-0.15, -0.1) is 0 Å². The van der Waals surface area contributed by atoms with Gasteiger partial charge in [0.25, 0.3) is 0 Å². The molecule has 0 aromatic carbocycles. The monoisotopic (exact) mass is 660 g/mol. The highest BCUT2D eigenvalue weighted by atomic mass is 32.7. The molecule has 0 saturated carbocycles. The number of imidazole rings is 2. The predicted molar refractivity (Wildman–Crippen MR) is 145 cm³/mol. The molecule has 19 nitrogen and oxygen atoms in total. The zero-order valence-corrected chi connectivity index (χ0v) is 24.3.